The molecule has 0 aliphatic carbocycles. The highest BCUT2D eigenvalue weighted by Crippen LogP contribution is 2.36. The maximum atomic E-state index is 12.4. The molecule has 168 valence electrons. The van der Waals surface area contributed by atoms with E-state index in [2.05, 4.69) is 22.8 Å². The molecular formula is C24H34N4O3. The van der Waals surface area contributed by atoms with Crippen molar-refractivity contribution < 1.29 is 13.9 Å². The lowest BCUT2D eigenvalue weighted by Gasteiger charge is -2.25. The highest BCUT2D eigenvalue weighted by molar-refractivity contribution is 5.81. The molecule has 1 aromatic heterocycles. The van der Waals surface area contributed by atoms with Gasteiger partial charge in [-0.2, -0.15) is 0 Å². The van der Waals surface area contributed by atoms with Crippen LogP contribution in [0.1, 0.15) is 37.1 Å². The molecule has 1 fully saturated rings. The van der Waals surface area contributed by atoms with Gasteiger partial charge in [0, 0.05) is 58.7 Å². The summed E-state index contributed by atoms with van der Waals surface area (Å²) in [4.78, 5) is 19.1. The Hall–Kier alpha value is -2.80. The van der Waals surface area contributed by atoms with Gasteiger partial charge < -0.3 is 24.7 Å². The zero-order chi connectivity index (χ0) is 21.9. The summed E-state index contributed by atoms with van der Waals surface area (Å²) >= 11 is 0. The van der Waals surface area contributed by atoms with Gasteiger partial charge in [0.1, 0.15) is 5.76 Å². The van der Waals surface area contributed by atoms with Crippen LogP contribution in [0.2, 0.25) is 0 Å². The van der Waals surface area contributed by atoms with E-state index in [1.54, 1.807) is 6.26 Å². The van der Waals surface area contributed by atoms with Gasteiger partial charge in [-0.15, -0.1) is 0 Å². The van der Waals surface area contributed by atoms with Gasteiger partial charge in [0.05, 0.1) is 12.3 Å². The number of ether oxygens (including phenoxy) is 1. The molecule has 2 atom stereocenters. The van der Waals surface area contributed by atoms with Gasteiger partial charge in [0.25, 0.3) is 0 Å². The van der Waals surface area contributed by atoms with E-state index in [4.69, 9.17) is 14.1 Å². The lowest BCUT2D eigenvalue weighted by molar-refractivity contribution is -0.127. The number of rotatable bonds is 11. The minimum Gasteiger partial charge on any atom is -0.469 e. The Bertz CT molecular complexity index is 807. The van der Waals surface area contributed by atoms with Crippen molar-refractivity contribution >= 4 is 11.9 Å². The third-order valence-electron chi connectivity index (χ3n) is 5.52. The van der Waals surface area contributed by atoms with Crippen molar-refractivity contribution in [3.63, 3.8) is 0 Å². The van der Waals surface area contributed by atoms with Crippen LogP contribution in [0.25, 0.3) is 0 Å². The predicted octanol–water partition coefficient (Wildman–Crippen LogP) is 3.00. The number of amides is 1. The molecule has 0 radical (unpaired) electrons. The normalized spacial score (nSPS) is 19.1. The van der Waals surface area contributed by atoms with Crippen molar-refractivity contribution in [2.75, 3.05) is 39.9 Å². The van der Waals surface area contributed by atoms with Crippen LogP contribution in [0, 0.1) is 5.92 Å². The number of hydrogen-bond donors (Lipinski definition) is 2. The number of carbonyl (C=O) groups is 1. The van der Waals surface area contributed by atoms with E-state index in [9.17, 15) is 4.79 Å². The van der Waals surface area contributed by atoms with Gasteiger partial charge >= 0.3 is 0 Å². The number of nitrogens with zero attached hydrogens (tertiary/aromatic N) is 2. The fourth-order valence-electron chi connectivity index (χ4n) is 3.93. The van der Waals surface area contributed by atoms with Crippen molar-refractivity contribution in [3.05, 3.63) is 60.1 Å². The Morgan fingerprint density at radius 3 is 2.74 bits per heavy atom. The first-order chi connectivity index (χ1) is 15.2. The van der Waals surface area contributed by atoms with Crippen LogP contribution in [0.4, 0.5) is 0 Å². The molecule has 7 heteroatoms. The molecule has 1 amide bonds. The summed E-state index contributed by atoms with van der Waals surface area (Å²) in [5.74, 6) is 2.02. The first-order valence-corrected chi connectivity index (χ1v) is 11.1. The van der Waals surface area contributed by atoms with Gasteiger partial charge in [-0.05, 0) is 31.0 Å². The molecular weight excluding hydrogens is 392 g/mol. The highest BCUT2D eigenvalue weighted by Gasteiger charge is 2.38. The zero-order valence-electron chi connectivity index (χ0n) is 18.5. The second kappa shape index (κ2) is 12.2. The summed E-state index contributed by atoms with van der Waals surface area (Å²) in [6.07, 6.45) is 3.89. The van der Waals surface area contributed by atoms with Crippen LogP contribution >= 0.6 is 0 Å². The van der Waals surface area contributed by atoms with E-state index in [-0.39, 0.29) is 17.9 Å². The van der Waals surface area contributed by atoms with Gasteiger partial charge in [-0.1, -0.05) is 30.3 Å². The molecule has 1 aliphatic heterocycles. The Balaban J connectivity index is 1.61. The third kappa shape index (κ3) is 6.85. The molecule has 3 rings (SSSR count). The lowest BCUT2D eigenvalue weighted by Crippen LogP contribution is -2.39. The van der Waals surface area contributed by atoms with Crippen molar-refractivity contribution in [2.24, 2.45) is 10.9 Å². The fourth-order valence-corrected chi connectivity index (χ4v) is 3.93. The second-order valence-corrected chi connectivity index (χ2v) is 7.75. The Morgan fingerprint density at radius 2 is 2.00 bits per heavy atom. The van der Waals surface area contributed by atoms with E-state index in [0.717, 1.165) is 56.4 Å². The summed E-state index contributed by atoms with van der Waals surface area (Å²) < 4.78 is 10.8. The number of likely N-dealkylation sites (tertiary alicyclic amines) is 1. The highest BCUT2D eigenvalue weighted by atomic mass is 16.5. The average molecular weight is 427 g/mol. The van der Waals surface area contributed by atoms with Gasteiger partial charge in [-0.3, -0.25) is 9.79 Å². The first kappa shape index (κ1) is 22.9. The van der Waals surface area contributed by atoms with Crippen LogP contribution in [-0.4, -0.2) is 56.7 Å². The molecule has 1 saturated heterocycles. The number of hydrogen-bond acceptors (Lipinski definition) is 4. The number of aliphatic imine (C=N–C) groups is 1. The summed E-state index contributed by atoms with van der Waals surface area (Å²) in [7, 11) is 1.89. The molecule has 1 aliphatic rings. The summed E-state index contributed by atoms with van der Waals surface area (Å²) in [5, 5.41) is 6.78. The van der Waals surface area contributed by atoms with E-state index in [0.29, 0.717) is 13.0 Å². The van der Waals surface area contributed by atoms with Crippen LogP contribution in [0.15, 0.2) is 58.1 Å². The van der Waals surface area contributed by atoms with E-state index in [1.807, 2.05) is 49.2 Å². The van der Waals surface area contributed by atoms with Crippen LogP contribution in [0.3, 0.4) is 0 Å². The molecule has 2 heterocycles. The Kier molecular flexibility index (Phi) is 8.97. The van der Waals surface area contributed by atoms with Crippen LogP contribution in [-0.2, 0) is 16.0 Å². The molecule has 7 nitrogen and oxygen atoms in total. The van der Waals surface area contributed by atoms with Crippen molar-refractivity contribution in [1.82, 2.24) is 15.5 Å². The molecule has 0 spiro atoms. The van der Waals surface area contributed by atoms with Gasteiger partial charge in [0.2, 0.25) is 5.91 Å². The standard InChI is InChI=1S/C24H34N4O3/c1-3-30-15-8-13-25-24(26-14-12-21-11-7-16-31-21)27-18-20-17-22(29)28(2)23(20)19-9-5-4-6-10-19/h4-7,9-11,16,20,23H,3,8,12-15,17-18H2,1-2H3,(H2,25,26,27). The summed E-state index contributed by atoms with van der Waals surface area (Å²) in [6.45, 7) is 5.53. The number of benzene rings is 1. The molecule has 2 aromatic rings. The largest absolute Gasteiger partial charge is 0.469 e. The molecule has 0 bridgehead atoms. The van der Waals surface area contributed by atoms with Crippen molar-refractivity contribution in [1.29, 1.82) is 0 Å². The monoisotopic (exact) mass is 426 g/mol. The second-order valence-electron chi connectivity index (χ2n) is 7.75. The number of furan rings is 1. The minimum absolute atomic E-state index is 0.0553. The maximum Gasteiger partial charge on any atom is 0.223 e. The quantitative estimate of drug-likeness (QED) is 0.328. The minimum atomic E-state index is 0.0553. The molecule has 0 saturated carbocycles. The van der Waals surface area contributed by atoms with Gasteiger partial charge in [-0.25, -0.2) is 0 Å². The smallest absolute Gasteiger partial charge is 0.223 e. The summed E-state index contributed by atoms with van der Waals surface area (Å²) in [6, 6.07) is 14.1. The molecule has 1 aromatic carbocycles. The maximum absolute atomic E-state index is 12.4. The molecule has 2 N–H and O–H groups in total. The van der Waals surface area contributed by atoms with E-state index < -0.39 is 0 Å². The predicted molar refractivity (Wildman–Crippen MR) is 122 cm³/mol. The Morgan fingerprint density at radius 1 is 1.19 bits per heavy atom. The van der Waals surface area contributed by atoms with Crippen molar-refractivity contribution in [3.8, 4) is 0 Å². The number of carbonyl (C=O) groups excluding carboxylic acids is 1. The SMILES string of the molecule is CCOCCCNC(=NCC1CC(=O)N(C)C1c1ccccc1)NCCc1ccco1. The molecule has 31 heavy (non-hydrogen) atoms. The topological polar surface area (TPSA) is 79.1 Å². The first-order valence-electron chi connectivity index (χ1n) is 11.1. The summed E-state index contributed by atoms with van der Waals surface area (Å²) in [5.41, 5.74) is 1.16. The van der Waals surface area contributed by atoms with Crippen LogP contribution < -0.4 is 10.6 Å². The van der Waals surface area contributed by atoms with E-state index >= 15 is 0 Å². The zero-order valence-corrected chi connectivity index (χ0v) is 18.5. The van der Waals surface area contributed by atoms with Gasteiger partial charge in [0.15, 0.2) is 5.96 Å². The number of guanidine groups is 1. The fraction of sp³-hybridized carbons (Fsp3) is 0.500. The molecule has 2 unspecified atom stereocenters. The third-order valence-corrected chi connectivity index (χ3v) is 5.52. The van der Waals surface area contributed by atoms with E-state index in [1.165, 1.54) is 0 Å². The number of nitrogens with one attached hydrogen (secondary N) is 2. The Labute approximate surface area is 184 Å². The van der Waals surface area contributed by atoms with Crippen molar-refractivity contribution in [2.45, 2.75) is 32.2 Å². The lowest BCUT2D eigenvalue weighted by atomic mass is 9.94. The average Bonchev–Trinajstić information content (AvgIpc) is 3.40. The van der Waals surface area contributed by atoms with Crippen LogP contribution in [0.5, 0.6) is 0 Å².